The van der Waals surface area contributed by atoms with Gasteiger partial charge in [0.2, 0.25) is 10.0 Å². The zero-order chi connectivity index (χ0) is 21.1. The molecule has 1 aliphatic heterocycles. The van der Waals surface area contributed by atoms with Gasteiger partial charge < -0.3 is 10.1 Å². The van der Waals surface area contributed by atoms with Crippen LogP contribution in [-0.4, -0.2) is 52.8 Å². The van der Waals surface area contributed by atoms with E-state index >= 15 is 0 Å². The maximum absolute atomic E-state index is 12.3. The Hall–Kier alpha value is -2.22. The summed E-state index contributed by atoms with van der Waals surface area (Å²) < 4.78 is 31.4. The van der Waals surface area contributed by atoms with E-state index in [1.54, 1.807) is 12.1 Å². The van der Waals surface area contributed by atoms with Crippen molar-refractivity contribution in [2.75, 3.05) is 33.8 Å². The molecule has 0 aliphatic carbocycles. The SMILES string of the molecule is CNCCCCN(C)S(=O)(=O)c1ccccc1C=O.c1ccc2c(c1)CCCO2. The summed E-state index contributed by atoms with van der Waals surface area (Å²) >= 11 is 0. The Balaban J connectivity index is 0.000000248. The van der Waals surface area contributed by atoms with Crippen molar-refractivity contribution in [3.63, 3.8) is 0 Å². The second-order valence-corrected chi connectivity index (χ2v) is 8.87. The Morgan fingerprint density at radius 2 is 1.83 bits per heavy atom. The fourth-order valence-corrected chi connectivity index (χ4v) is 4.40. The van der Waals surface area contributed by atoms with Crippen molar-refractivity contribution in [3.05, 3.63) is 59.7 Å². The number of aldehydes is 1. The third-order valence-corrected chi connectivity index (χ3v) is 6.64. The molecule has 1 N–H and O–H groups in total. The molecule has 0 amide bonds. The van der Waals surface area contributed by atoms with Crippen LogP contribution >= 0.6 is 0 Å². The topological polar surface area (TPSA) is 75.7 Å². The van der Waals surface area contributed by atoms with Crippen LogP contribution in [0, 0.1) is 0 Å². The lowest BCUT2D eigenvalue weighted by Gasteiger charge is -2.18. The van der Waals surface area contributed by atoms with Gasteiger partial charge in [-0.3, -0.25) is 4.79 Å². The van der Waals surface area contributed by atoms with Crippen molar-refractivity contribution < 1.29 is 17.9 Å². The van der Waals surface area contributed by atoms with Crippen LogP contribution in [0.1, 0.15) is 35.2 Å². The van der Waals surface area contributed by atoms with Gasteiger partial charge in [0, 0.05) is 19.2 Å². The lowest BCUT2D eigenvalue weighted by Crippen LogP contribution is -2.29. The number of hydrogen-bond acceptors (Lipinski definition) is 5. The number of benzene rings is 2. The van der Waals surface area contributed by atoms with Gasteiger partial charge in [-0.2, -0.15) is 0 Å². The highest BCUT2D eigenvalue weighted by Crippen LogP contribution is 2.23. The molecule has 0 unspecified atom stereocenters. The number of fused-ring (bicyclic) bond motifs is 1. The van der Waals surface area contributed by atoms with E-state index in [0.29, 0.717) is 12.8 Å². The van der Waals surface area contributed by atoms with Crippen molar-refractivity contribution in [1.29, 1.82) is 0 Å². The predicted molar refractivity (Wildman–Crippen MR) is 115 cm³/mol. The standard InChI is InChI=1S/C13H20N2O3S.C9H10O/c1-14-9-5-6-10-15(2)19(17,18)13-8-4-3-7-12(13)11-16;1-2-6-9-8(4-1)5-3-7-10-9/h3-4,7-8,11,14H,5-6,9-10H2,1-2H3;1-2,4,6H,3,5,7H2. The van der Waals surface area contributed by atoms with Gasteiger partial charge in [-0.25, -0.2) is 12.7 Å². The monoisotopic (exact) mass is 418 g/mol. The number of aryl methyl sites for hydroxylation is 1. The summed E-state index contributed by atoms with van der Waals surface area (Å²) in [4.78, 5) is 11.0. The normalized spacial score (nSPS) is 13.1. The summed E-state index contributed by atoms with van der Waals surface area (Å²) in [6.07, 6.45) is 4.60. The Morgan fingerprint density at radius 3 is 2.55 bits per heavy atom. The molecular weight excluding hydrogens is 388 g/mol. The van der Waals surface area contributed by atoms with E-state index in [1.165, 1.54) is 35.5 Å². The van der Waals surface area contributed by atoms with Gasteiger partial charge in [-0.05, 0) is 57.0 Å². The highest BCUT2D eigenvalue weighted by Gasteiger charge is 2.22. The van der Waals surface area contributed by atoms with E-state index in [0.717, 1.165) is 38.2 Å². The van der Waals surface area contributed by atoms with E-state index in [-0.39, 0.29) is 10.5 Å². The van der Waals surface area contributed by atoms with Gasteiger partial charge in [0.05, 0.1) is 11.5 Å². The van der Waals surface area contributed by atoms with Gasteiger partial charge in [0.25, 0.3) is 0 Å². The first-order valence-corrected chi connectivity index (χ1v) is 11.3. The summed E-state index contributed by atoms with van der Waals surface area (Å²) in [7, 11) is -0.187. The van der Waals surface area contributed by atoms with Gasteiger partial charge in [0.1, 0.15) is 5.75 Å². The zero-order valence-corrected chi connectivity index (χ0v) is 18.0. The minimum atomic E-state index is -3.59. The average Bonchev–Trinajstić information content (AvgIpc) is 2.77. The van der Waals surface area contributed by atoms with Crippen LogP contribution in [0.5, 0.6) is 5.75 Å². The highest BCUT2D eigenvalue weighted by atomic mass is 32.2. The predicted octanol–water partition coefficient (Wildman–Crippen LogP) is 3.13. The van der Waals surface area contributed by atoms with Crippen molar-refractivity contribution >= 4 is 16.3 Å². The molecule has 7 heteroatoms. The first-order chi connectivity index (χ1) is 14.0. The van der Waals surface area contributed by atoms with Gasteiger partial charge in [-0.1, -0.05) is 36.4 Å². The van der Waals surface area contributed by atoms with Crippen LogP contribution in [0.25, 0.3) is 0 Å². The Bertz CT molecular complexity index is 859. The lowest BCUT2D eigenvalue weighted by atomic mass is 10.1. The first-order valence-electron chi connectivity index (χ1n) is 9.86. The van der Waals surface area contributed by atoms with Crippen molar-refractivity contribution in [1.82, 2.24) is 9.62 Å². The first kappa shape index (κ1) is 23.1. The highest BCUT2D eigenvalue weighted by molar-refractivity contribution is 7.89. The third-order valence-electron chi connectivity index (χ3n) is 4.70. The molecule has 0 spiro atoms. The second kappa shape index (κ2) is 11.7. The number of carbonyl (C=O) groups excluding carboxylic acids is 1. The number of rotatable bonds is 8. The number of nitrogens with one attached hydrogen (secondary N) is 1. The summed E-state index contributed by atoms with van der Waals surface area (Å²) in [5.41, 5.74) is 1.55. The minimum absolute atomic E-state index is 0.0705. The molecular formula is C22H30N2O4S. The number of nitrogens with zero attached hydrogens (tertiary/aromatic N) is 1. The van der Waals surface area contributed by atoms with Crippen LogP contribution in [0.3, 0.4) is 0 Å². The number of para-hydroxylation sites is 1. The quantitative estimate of drug-likeness (QED) is 0.527. The van der Waals surface area contributed by atoms with Crippen LogP contribution < -0.4 is 10.1 Å². The average molecular weight is 419 g/mol. The second-order valence-electron chi connectivity index (χ2n) is 6.85. The molecule has 0 atom stereocenters. The summed E-state index contributed by atoms with van der Waals surface area (Å²) in [5, 5.41) is 3.02. The maximum Gasteiger partial charge on any atom is 0.243 e. The van der Waals surface area contributed by atoms with Crippen molar-refractivity contribution in [3.8, 4) is 5.75 Å². The Morgan fingerprint density at radius 1 is 1.10 bits per heavy atom. The number of sulfonamides is 1. The van der Waals surface area contributed by atoms with Crippen LogP contribution in [0.2, 0.25) is 0 Å². The molecule has 0 fully saturated rings. The zero-order valence-electron chi connectivity index (χ0n) is 17.1. The fraction of sp³-hybridized carbons (Fsp3) is 0.409. The molecule has 1 aliphatic rings. The third kappa shape index (κ3) is 6.66. The molecule has 158 valence electrons. The fourth-order valence-electron chi connectivity index (χ4n) is 3.03. The molecule has 0 bridgehead atoms. The molecule has 2 aromatic carbocycles. The van der Waals surface area contributed by atoms with Crippen LogP contribution in [-0.2, 0) is 16.4 Å². The lowest BCUT2D eigenvalue weighted by molar-refractivity contribution is 0.112. The molecule has 1 heterocycles. The molecule has 3 rings (SSSR count). The Kier molecular flexibility index (Phi) is 9.31. The summed E-state index contributed by atoms with van der Waals surface area (Å²) in [6, 6.07) is 14.5. The Labute approximate surface area is 173 Å². The number of ether oxygens (including phenoxy) is 1. The largest absolute Gasteiger partial charge is 0.493 e. The summed E-state index contributed by atoms with van der Waals surface area (Å²) in [5.74, 6) is 1.08. The molecule has 0 saturated heterocycles. The molecule has 0 saturated carbocycles. The number of hydrogen-bond donors (Lipinski definition) is 1. The summed E-state index contributed by atoms with van der Waals surface area (Å²) in [6.45, 7) is 2.19. The van der Waals surface area contributed by atoms with E-state index in [2.05, 4.69) is 17.4 Å². The van der Waals surface area contributed by atoms with E-state index in [4.69, 9.17) is 4.74 Å². The van der Waals surface area contributed by atoms with E-state index in [9.17, 15) is 13.2 Å². The molecule has 0 aromatic heterocycles. The van der Waals surface area contributed by atoms with Gasteiger partial charge in [0.15, 0.2) is 6.29 Å². The van der Waals surface area contributed by atoms with Crippen molar-refractivity contribution in [2.24, 2.45) is 0 Å². The van der Waals surface area contributed by atoms with Gasteiger partial charge >= 0.3 is 0 Å². The van der Waals surface area contributed by atoms with Crippen LogP contribution in [0.4, 0.5) is 0 Å². The molecule has 29 heavy (non-hydrogen) atoms. The van der Waals surface area contributed by atoms with Crippen molar-refractivity contribution in [2.45, 2.75) is 30.6 Å². The maximum atomic E-state index is 12.3. The van der Waals surface area contributed by atoms with Gasteiger partial charge in [-0.15, -0.1) is 0 Å². The van der Waals surface area contributed by atoms with E-state index < -0.39 is 10.0 Å². The van der Waals surface area contributed by atoms with Crippen LogP contribution in [0.15, 0.2) is 53.4 Å². The number of unbranched alkanes of at least 4 members (excludes halogenated alkanes) is 1. The molecule has 6 nitrogen and oxygen atoms in total. The van der Waals surface area contributed by atoms with E-state index in [1.807, 2.05) is 19.2 Å². The minimum Gasteiger partial charge on any atom is -0.493 e. The molecule has 2 aromatic rings. The molecule has 0 radical (unpaired) electrons. The smallest absolute Gasteiger partial charge is 0.243 e. The number of carbonyl (C=O) groups is 1.